The Bertz CT molecular complexity index is 378. The number of nitriles is 1. The zero-order chi connectivity index (χ0) is 14.0. The van der Waals surface area contributed by atoms with Gasteiger partial charge in [-0.3, -0.25) is 4.90 Å². The maximum Gasteiger partial charge on any atom is 0.0700 e. The predicted octanol–water partition coefficient (Wildman–Crippen LogP) is 3.09. The lowest BCUT2D eigenvalue weighted by Crippen LogP contribution is -2.56. The van der Waals surface area contributed by atoms with Gasteiger partial charge in [0.15, 0.2) is 0 Å². The topological polar surface area (TPSA) is 47.3 Å². The minimum Gasteiger partial charge on any atom is -0.390 e. The van der Waals surface area contributed by atoms with Crippen molar-refractivity contribution in [2.45, 2.75) is 75.9 Å². The Balaban J connectivity index is 1.69. The SMILES string of the molecule is N#CC1CCCCCC1N1CCC2(O)CCCCC2C1. The Kier molecular flexibility index (Phi) is 4.33. The number of fused-ring (bicyclic) bond motifs is 1. The molecule has 1 N–H and O–H groups in total. The van der Waals surface area contributed by atoms with Crippen molar-refractivity contribution in [2.75, 3.05) is 13.1 Å². The molecule has 2 aliphatic carbocycles. The van der Waals surface area contributed by atoms with Crippen LogP contribution in [0.2, 0.25) is 0 Å². The van der Waals surface area contributed by atoms with Gasteiger partial charge in [0.2, 0.25) is 0 Å². The second kappa shape index (κ2) is 6.03. The van der Waals surface area contributed by atoms with Gasteiger partial charge in [-0.1, -0.05) is 32.1 Å². The Labute approximate surface area is 123 Å². The van der Waals surface area contributed by atoms with Crippen LogP contribution in [0.4, 0.5) is 0 Å². The van der Waals surface area contributed by atoms with Crippen LogP contribution in [0.1, 0.15) is 64.2 Å². The van der Waals surface area contributed by atoms with Gasteiger partial charge in [-0.05, 0) is 32.1 Å². The number of rotatable bonds is 1. The number of nitrogens with zero attached hydrogens (tertiary/aromatic N) is 2. The molecule has 0 aromatic rings. The third-order valence-corrected chi connectivity index (χ3v) is 6.07. The summed E-state index contributed by atoms with van der Waals surface area (Å²) in [5.41, 5.74) is -0.387. The molecule has 1 saturated heterocycles. The van der Waals surface area contributed by atoms with E-state index >= 15 is 0 Å². The second-order valence-electron chi connectivity index (χ2n) is 7.23. The highest BCUT2D eigenvalue weighted by Gasteiger charge is 2.44. The van der Waals surface area contributed by atoms with Gasteiger partial charge < -0.3 is 5.11 Å². The lowest BCUT2D eigenvalue weighted by atomic mass is 9.70. The molecule has 3 fully saturated rings. The molecule has 3 heteroatoms. The van der Waals surface area contributed by atoms with Crippen molar-refractivity contribution in [3.8, 4) is 6.07 Å². The first-order valence-corrected chi connectivity index (χ1v) is 8.59. The summed E-state index contributed by atoms with van der Waals surface area (Å²) >= 11 is 0. The van der Waals surface area contributed by atoms with Crippen LogP contribution in [0.5, 0.6) is 0 Å². The molecule has 4 unspecified atom stereocenters. The van der Waals surface area contributed by atoms with Crippen LogP contribution >= 0.6 is 0 Å². The normalized spacial score (nSPS) is 43.3. The molecule has 112 valence electrons. The minimum absolute atomic E-state index is 0.215. The largest absolute Gasteiger partial charge is 0.390 e. The maximum atomic E-state index is 10.8. The van der Waals surface area contributed by atoms with Crippen LogP contribution in [-0.4, -0.2) is 34.7 Å². The summed E-state index contributed by atoms with van der Waals surface area (Å²) in [6.45, 7) is 2.02. The number of aliphatic hydroxyl groups is 1. The van der Waals surface area contributed by atoms with Crippen molar-refractivity contribution in [1.82, 2.24) is 4.90 Å². The highest BCUT2D eigenvalue weighted by molar-refractivity contribution is 5.01. The smallest absolute Gasteiger partial charge is 0.0700 e. The Morgan fingerprint density at radius 3 is 2.65 bits per heavy atom. The summed E-state index contributed by atoms with van der Waals surface area (Å²) in [6, 6.07) is 3.02. The first-order valence-electron chi connectivity index (χ1n) is 8.59. The summed E-state index contributed by atoms with van der Waals surface area (Å²) in [6.07, 6.45) is 11.6. The molecule has 0 bridgehead atoms. The molecule has 0 aromatic carbocycles. The fourth-order valence-electron chi connectivity index (χ4n) is 4.77. The van der Waals surface area contributed by atoms with Crippen LogP contribution in [0.3, 0.4) is 0 Å². The van der Waals surface area contributed by atoms with E-state index in [-0.39, 0.29) is 11.5 Å². The van der Waals surface area contributed by atoms with Gasteiger partial charge in [-0.15, -0.1) is 0 Å². The number of piperidine rings is 1. The van der Waals surface area contributed by atoms with Gasteiger partial charge in [-0.2, -0.15) is 5.26 Å². The van der Waals surface area contributed by atoms with Gasteiger partial charge in [0.1, 0.15) is 0 Å². The van der Waals surface area contributed by atoms with Crippen LogP contribution in [0.15, 0.2) is 0 Å². The van der Waals surface area contributed by atoms with E-state index in [2.05, 4.69) is 11.0 Å². The van der Waals surface area contributed by atoms with Crippen molar-refractivity contribution in [2.24, 2.45) is 11.8 Å². The van der Waals surface area contributed by atoms with Crippen molar-refractivity contribution >= 4 is 0 Å². The van der Waals surface area contributed by atoms with Crippen LogP contribution in [-0.2, 0) is 0 Å². The molecule has 4 atom stereocenters. The van der Waals surface area contributed by atoms with E-state index in [1.165, 1.54) is 44.9 Å². The van der Waals surface area contributed by atoms with Crippen molar-refractivity contribution < 1.29 is 5.11 Å². The summed E-state index contributed by atoms with van der Waals surface area (Å²) in [7, 11) is 0. The molecule has 0 radical (unpaired) electrons. The maximum absolute atomic E-state index is 10.8. The lowest BCUT2D eigenvalue weighted by molar-refractivity contribution is -0.105. The molecule has 20 heavy (non-hydrogen) atoms. The Morgan fingerprint density at radius 1 is 1.00 bits per heavy atom. The number of hydrogen-bond donors (Lipinski definition) is 1. The molecule has 0 spiro atoms. The van der Waals surface area contributed by atoms with Crippen molar-refractivity contribution in [3.63, 3.8) is 0 Å². The van der Waals surface area contributed by atoms with E-state index < -0.39 is 0 Å². The highest BCUT2D eigenvalue weighted by Crippen LogP contribution is 2.41. The molecule has 1 aliphatic heterocycles. The highest BCUT2D eigenvalue weighted by atomic mass is 16.3. The van der Waals surface area contributed by atoms with E-state index in [0.29, 0.717) is 12.0 Å². The third kappa shape index (κ3) is 2.73. The minimum atomic E-state index is -0.387. The van der Waals surface area contributed by atoms with Crippen LogP contribution < -0.4 is 0 Å². The van der Waals surface area contributed by atoms with Crippen LogP contribution in [0.25, 0.3) is 0 Å². The predicted molar refractivity (Wildman–Crippen MR) is 79.1 cm³/mol. The molecule has 3 rings (SSSR count). The van der Waals surface area contributed by atoms with Gasteiger partial charge in [0, 0.05) is 25.0 Å². The number of hydrogen-bond acceptors (Lipinski definition) is 3. The van der Waals surface area contributed by atoms with Crippen molar-refractivity contribution in [1.29, 1.82) is 5.26 Å². The van der Waals surface area contributed by atoms with E-state index in [9.17, 15) is 10.4 Å². The average molecular weight is 276 g/mol. The van der Waals surface area contributed by atoms with Crippen LogP contribution in [0, 0.1) is 23.2 Å². The first-order chi connectivity index (χ1) is 9.73. The van der Waals surface area contributed by atoms with Crippen molar-refractivity contribution in [3.05, 3.63) is 0 Å². The Morgan fingerprint density at radius 2 is 1.80 bits per heavy atom. The Hall–Kier alpha value is -0.590. The summed E-state index contributed by atoms with van der Waals surface area (Å²) in [5.74, 6) is 0.667. The molecule has 2 saturated carbocycles. The van der Waals surface area contributed by atoms with E-state index in [1.54, 1.807) is 0 Å². The molecule has 0 amide bonds. The first kappa shape index (κ1) is 14.4. The van der Waals surface area contributed by atoms with Gasteiger partial charge in [0.25, 0.3) is 0 Å². The summed E-state index contributed by atoms with van der Waals surface area (Å²) < 4.78 is 0. The fraction of sp³-hybridized carbons (Fsp3) is 0.941. The zero-order valence-corrected chi connectivity index (χ0v) is 12.6. The summed E-state index contributed by atoms with van der Waals surface area (Å²) in [4.78, 5) is 2.56. The molecule has 0 aromatic heterocycles. The molecular formula is C17H28N2O. The lowest BCUT2D eigenvalue weighted by Gasteiger charge is -2.50. The standard InChI is InChI=1S/C17H28N2O/c18-12-14-6-2-1-3-8-16(14)19-11-10-17(20)9-5-4-7-15(17)13-19/h14-16,20H,1-11,13H2. The van der Waals surface area contributed by atoms with E-state index in [0.717, 1.165) is 32.4 Å². The van der Waals surface area contributed by atoms with Gasteiger partial charge in [0.05, 0.1) is 17.6 Å². The monoisotopic (exact) mass is 276 g/mol. The zero-order valence-electron chi connectivity index (χ0n) is 12.6. The second-order valence-corrected chi connectivity index (χ2v) is 7.23. The third-order valence-electron chi connectivity index (χ3n) is 6.07. The summed E-state index contributed by atoms with van der Waals surface area (Å²) in [5, 5.41) is 20.3. The van der Waals surface area contributed by atoms with E-state index in [4.69, 9.17) is 0 Å². The molecule has 1 heterocycles. The molecule has 3 aliphatic rings. The molecule has 3 nitrogen and oxygen atoms in total. The quantitative estimate of drug-likeness (QED) is 0.749. The molecular weight excluding hydrogens is 248 g/mol. The fourth-order valence-corrected chi connectivity index (χ4v) is 4.77. The number of likely N-dealkylation sites (tertiary alicyclic amines) is 1. The van der Waals surface area contributed by atoms with Gasteiger partial charge in [-0.25, -0.2) is 0 Å². The van der Waals surface area contributed by atoms with E-state index in [1.807, 2.05) is 0 Å². The van der Waals surface area contributed by atoms with Gasteiger partial charge >= 0.3 is 0 Å². The average Bonchev–Trinajstić information content (AvgIpc) is 2.71.